The van der Waals surface area contributed by atoms with Crippen molar-refractivity contribution in [2.45, 2.75) is 24.8 Å². The first-order valence-electron chi connectivity index (χ1n) is 4.82. The number of rotatable bonds is 4. The van der Waals surface area contributed by atoms with Crippen LogP contribution in [0.4, 0.5) is 13.2 Å². The van der Waals surface area contributed by atoms with E-state index in [-0.39, 0.29) is 18.0 Å². The summed E-state index contributed by atoms with van der Waals surface area (Å²) in [5.41, 5.74) is -1.33. The van der Waals surface area contributed by atoms with Gasteiger partial charge in [-0.2, -0.15) is 13.2 Å². The van der Waals surface area contributed by atoms with E-state index < -0.39 is 24.1 Å². The molecule has 0 radical (unpaired) electrons. The molecule has 0 aliphatic rings. The molecular weight excluding hydrogens is 259 g/mol. The van der Waals surface area contributed by atoms with Gasteiger partial charge in [0.15, 0.2) is 0 Å². The number of pyridine rings is 1. The Morgan fingerprint density at radius 3 is 2.47 bits per heavy atom. The van der Waals surface area contributed by atoms with E-state index in [1.165, 1.54) is 6.07 Å². The summed E-state index contributed by atoms with van der Waals surface area (Å²) in [5.74, 6) is 0.0944. The van der Waals surface area contributed by atoms with Crippen molar-refractivity contribution in [2.75, 3.05) is 5.88 Å². The van der Waals surface area contributed by atoms with Crippen molar-refractivity contribution < 1.29 is 23.4 Å². The van der Waals surface area contributed by atoms with Crippen LogP contribution >= 0.6 is 11.6 Å². The lowest BCUT2D eigenvalue weighted by molar-refractivity contribution is -0.141. The van der Waals surface area contributed by atoms with Crippen LogP contribution in [0.2, 0.25) is 0 Å². The Hall–Kier alpha value is -0.850. The van der Waals surface area contributed by atoms with Gasteiger partial charge in [-0.25, -0.2) is 4.98 Å². The first kappa shape index (κ1) is 14.2. The topological polar surface area (TPSA) is 53.4 Å². The van der Waals surface area contributed by atoms with Crippen molar-refractivity contribution >= 4 is 11.6 Å². The van der Waals surface area contributed by atoms with Gasteiger partial charge in [-0.15, -0.1) is 11.6 Å². The van der Waals surface area contributed by atoms with Gasteiger partial charge in [-0.1, -0.05) is 6.07 Å². The molecule has 1 heterocycles. The third kappa shape index (κ3) is 3.83. The van der Waals surface area contributed by atoms with Crippen LogP contribution in [0, 0.1) is 0 Å². The molecule has 0 saturated carbocycles. The van der Waals surface area contributed by atoms with E-state index in [0.29, 0.717) is 0 Å². The number of alkyl halides is 4. The number of hydrogen-bond donors (Lipinski definition) is 2. The predicted molar refractivity (Wildman–Crippen MR) is 55.5 cm³/mol. The summed E-state index contributed by atoms with van der Waals surface area (Å²) in [5, 5.41) is 19.0. The zero-order valence-corrected chi connectivity index (χ0v) is 9.41. The van der Waals surface area contributed by atoms with Gasteiger partial charge in [-0.3, -0.25) is 0 Å². The number of hydrogen-bond acceptors (Lipinski definition) is 3. The Kier molecular flexibility index (Phi) is 4.73. The van der Waals surface area contributed by atoms with Crippen LogP contribution in [0.5, 0.6) is 0 Å². The third-order valence-corrected chi connectivity index (χ3v) is 2.35. The lowest BCUT2D eigenvalue weighted by Crippen LogP contribution is -2.21. The lowest BCUT2D eigenvalue weighted by Gasteiger charge is -2.17. The molecule has 2 unspecified atom stereocenters. The molecule has 0 aliphatic heterocycles. The molecule has 7 heteroatoms. The van der Waals surface area contributed by atoms with Crippen LogP contribution in [0.15, 0.2) is 18.2 Å². The fourth-order valence-corrected chi connectivity index (χ4v) is 1.46. The first-order valence-corrected chi connectivity index (χ1v) is 5.36. The fraction of sp³-hybridized carbons (Fsp3) is 0.500. The summed E-state index contributed by atoms with van der Waals surface area (Å²) < 4.78 is 37.1. The van der Waals surface area contributed by atoms with Gasteiger partial charge >= 0.3 is 6.18 Å². The summed E-state index contributed by atoms with van der Waals surface area (Å²) in [6, 6.07) is 3.14. The Morgan fingerprint density at radius 2 is 1.94 bits per heavy atom. The van der Waals surface area contributed by atoms with E-state index in [1.807, 2.05) is 0 Å². The highest BCUT2D eigenvalue weighted by atomic mass is 35.5. The minimum absolute atomic E-state index is 0.0701. The van der Waals surface area contributed by atoms with Crippen molar-refractivity contribution in [2.24, 2.45) is 0 Å². The second kappa shape index (κ2) is 5.66. The Labute approximate surface area is 101 Å². The maximum atomic E-state index is 12.4. The van der Waals surface area contributed by atoms with Crippen LogP contribution in [-0.4, -0.2) is 27.2 Å². The predicted octanol–water partition coefficient (Wildman–Crippen LogP) is 2.12. The monoisotopic (exact) mass is 269 g/mol. The molecule has 0 aromatic carbocycles. The molecular formula is C10H11ClF3NO2. The maximum absolute atomic E-state index is 12.4. The maximum Gasteiger partial charge on any atom is 0.433 e. The van der Waals surface area contributed by atoms with Crippen LogP contribution in [0.1, 0.15) is 23.9 Å². The van der Waals surface area contributed by atoms with Crippen molar-refractivity contribution in [1.82, 2.24) is 4.98 Å². The molecule has 0 bridgehead atoms. The third-order valence-electron chi connectivity index (χ3n) is 2.13. The standard InChI is InChI=1S/C10H11ClF3NO2/c11-5-4-7(16)9(17)6-2-1-3-8(15-6)10(12,13)14/h1-3,7,9,16-17H,4-5H2. The Morgan fingerprint density at radius 1 is 1.29 bits per heavy atom. The molecule has 2 atom stereocenters. The minimum Gasteiger partial charge on any atom is -0.390 e. The van der Waals surface area contributed by atoms with E-state index in [9.17, 15) is 23.4 Å². The van der Waals surface area contributed by atoms with Crippen LogP contribution in [0.3, 0.4) is 0 Å². The highest BCUT2D eigenvalue weighted by molar-refractivity contribution is 6.17. The van der Waals surface area contributed by atoms with E-state index in [2.05, 4.69) is 4.98 Å². The van der Waals surface area contributed by atoms with Crippen LogP contribution < -0.4 is 0 Å². The molecule has 1 rings (SSSR count). The minimum atomic E-state index is -4.58. The largest absolute Gasteiger partial charge is 0.433 e. The van der Waals surface area contributed by atoms with Crippen LogP contribution in [-0.2, 0) is 6.18 Å². The average molecular weight is 270 g/mol. The first-order chi connectivity index (χ1) is 7.86. The highest BCUT2D eigenvalue weighted by Gasteiger charge is 2.33. The molecule has 0 saturated heterocycles. The van der Waals surface area contributed by atoms with Crippen molar-refractivity contribution in [1.29, 1.82) is 0 Å². The smallest absolute Gasteiger partial charge is 0.390 e. The van der Waals surface area contributed by atoms with E-state index in [4.69, 9.17) is 11.6 Å². The van der Waals surface area contributed by atoms with Crippen molar-refractivity contribution in [3.8, 4) is 0 Å². The quantitative estimate of drug-likeness (QED) is 0.824. The second-order valence-electron chi connectivity index (χ2n) is 3.44. The number of nitrogens with zero attached hydrogens (tertiary/aromatic N) is 1. The highest BCUT2D eigenvalue weighted by Crippen LogP contribution is 2.28. The SMILES string of the molecule is OC(CCCl)C(O)c1cccc(C(F)(F)F)n1. The zero-order valence-electron chi connectivity index (χ0n) is 8.65. The van der Waals surface area contributed by atoms with Gasteiger partial charge in [0.2, 0.25) is 0 Å². The molecule has 1 aromatic rings. The summed E-state index contributed by atoms with van der Waals surface area (Å²) in [7, 11) is 0. The molecule has 0 fully saturated rings. The summed E-state index contributed by atoms with van der Waals surface area (Å²) in [6.45, 7) is 0. The summed E-state index contributed by atoms with van der Waals surface area (Å²) in [4.78, 5) is 3.27. The van der Waals surface area contributed by atoms with Gasteiger partial charge in [0, 0.05) is 5.88 Å². The molecule has 0 aliphatic carbocycles. The molecule has 1 aromatic heterocycles. The number of aliphatic hydroxyl groups is 2. The Balaban J connectivity index is 2.92. The molecule has 2 N–H and O–H groups in total. The fourth-order valence-electron chi connectivity index (χ4n) is 1.24. The Bertz CT molecular complexity index is 373. The van der Waals surface area contributed by atoms with Crippen LogP contribution in [0.25, 0.3) is 0 Å². The second-order valence-corrected chi connectivity index (χ2v) is 3.81. The number of halogens is 4. The summed E-state index contributed by atoms with van der Waals surface area (Å²) >= 11 is 5.36. The lowest BCUT2D eigenvalue weighted by atomic mass is 10.1. The summed E-state index contributed by atoms with van der Waals surface area (Å²) in [6.07, 6.45) is -7.21. The van der Waals surface area contributed by atoms with Gasteiger partial charge in [-0.05, 0) is 18.6 Å². The van der Waals surface area contributed by atoms with E-state index in [1.54, 1.807) is 0 Å². The van der Waals surface area contributed by atoms with Gasteiger partial charge in [0.05, 0.1) is 11.8 Å². The van der Waals surface area contributed by atoms with Gasteiger partial charge in [0.25, 0.3) is 0 Å². The molecule has 3 nitrogen and oxygen atoms in total. The number of aromatic nitrogens is 1. The van der Waals surface area contributed by atoms with E-state index >= 15 is 0 Å². The average Bonchev–Trinajstić information content (AvgIpc) is 2.27. The van der Waals surface area contributed by atoms with Gasteiger partial charge < -0.3 is 10.2 Å². The molecule has 17 heavy (non-hydrogen) atoms. The molecule has 0 amide bonds. The molecule has 96 valence electrons. The molecule has 0 spiro atoms. The van der Waals surface area contributed by atoms with Gasteiger partial charge in [0.1, 0.15) is 11.8 Å². The normalized spacial score (nSPS) is 15.6. The van der Waals surface area contributed by atoms with E-state index in [0.717, 1.165) is 12.1 Å². The number of aliphatic hydroxyl groups excluding tert-OH is 2. The zero-order chi connectivity index (χ0) is 13.1. The van der Waals surface area contributed by atoms with Crippen molar-refractivity contribution in [3.05, 3.63) is 29.6 Å². The van der Waals surface area contributed by atoms with Crippen molar-refractivity contribution in [3.63, 3.8) is 0 Å².